The maximum absolute atomic E-state index is 12.1. The molecule has 0 fully saturated rings. The van der Waals surface area contributed by atoms with Gasteiger partial charge in [0.25, 0.3) is 0 Å². The molecular weight excluding hydrogens is 287 g/mol. The van der Waals surface area contributed by atoms with E-state index in [2.05, 4.69) is 5.10 Å². The van der Waals surface area contributed by atoms with Gasteiger partial charge in [0.2, 0.25) is 0 Å². The molecule has 0 saturated carbocycles. The maximum Gasteiger partial charge on any atom is 0.334 e. The van der Waals surface area contributed by atoms with E-state index in [9.17, 15) is 4.79 Å². The number of benzene rings is 1. The van der Waals surface area contributed by atoms with E-state index in [1.807, 2.05) is 0 Å². The summed E-state index contributed by atoms with van der Waals surface area (Å²) in [5.74, 6) is -0.321. The normalized spacial score (nSPS) is 21.8. The molecular formula is C13H14Cl2N2O2. The number of nitrogens with zero attached hydrogens (tertiary/aromatic N) is 2. The number of anilines is 1. The van der Waals surface area contributed by atoms with Gasteiger partial charge < -0.3 is 4.74 Å². The number of rotatable bonds is 3. The molecule has 1 aliphatic heterocycles. The Hall–Kier alpha value is -1.26. The monoisotopic (exact) mass is 300 g/mol. The topological polar surface area (TPSA) is 41.9 Å². The molecule has 0 saturated heterocycles. The van der Waals surface area contributed by atoms with Gasteiger partial charge in [-0.25, -0.2) is 9.80 Å². The van der Waals surface area contributed by atoms with Gasteiger partial charge in [0.05, 0.1) is 17.3 Å². The van der Waals surface area contributed by atoms with Crippen LogP contribution in [-0.4, -0.2) is 24.3 Å². The number of ether oxygens (including phenoxy) is 1. The third-order valence-corrected chi connectivity index (χ3v) is 3.54. The Bertz CT molecular complexity index is 533. The summed E-state index contributed by atoms with van der Waals surface area (Å²) in [4.78, 5) is 12.1. The average molecular weight is 301 g/mol. The van der Waals surface area contributed by atoms with Crippen LogP contribution in [0, 0.1) is 0 Å². The van der Waals surface area contributed by atoms with E-state index in [0.29, 0.717) is 28.8 Å². The quantitative estimate of drug-likeness (QED) is 0.802. The number of carbonyl (C=O) groups excluding carboxylic acids is 1. The molecule has 1 unspecified atom stereocenters. The molecule has 4 nitrogen and oxygen atoms in total. The van der Waals surface area contributed by atoms with Crippen LogP contribution >= 0.6 is 23.2 Å². The van der Waals surface area contributed by atoms with Gasteiger partial charge in [0, 0.05) is 17.7 Å². The molecule has 1 aromatic carbocycles. The fraction of sp³-hybridized carbons (Fsp3) is 0.385. The van der Waals surface area contributed by atoms with Crippen LogP contribution in [0.3, 0.4) is 0 Å². The van der Waals surface area contributed by atoms with Crippen molar-refractivity contribution in [1.82, 2.24) is 0 Å². The molecule has 0 amide bonds. The molecule has 2 rings (SSSR count). The van der Waals surface area contributed by atoms with Crippen molar-refractivity contribution in [2.24, 2.45) is 5.10 Å². The second-order valence-electron chi connectivity index (χ2n) is 4.40. The summed E-state index contributed by atoms with van der Waals surface area (Å²) in [6.07, 6.45) is 2.16. The highest BCUT2D eigenvalue weighted by molar-refractivity contribution is 6.36. The van der Waals surface area contributed by atoms with Crippen LogP contribution in [0.5, 0.6) is 0 Å². The first-order chi connectivity index (χ1) is 8.99. The molecule has 1 heterocycles. The van der Waals surface area contributed by atoms with Crippen molar-refractivity contribution in [2.75, 3.05) is 11.6 Å². The standard InChI is InChI=1S/C13H14Cl2N2O2/c1-3-19-12(18)13(2)6-7-16-17(13)11-5-4-9(14)8-10(11)15/h4-5,7-8H,3,6H2,1-2H3. The Kier molecular flexibility index (Phi) is 4.02. The first kappa shape index (κ1) is 14.2. The van der Waals surface area contributed by atoms with Crippen LogP contribution in [-0.2, 0) is 9.53 Å². The number of halogens is 2. The van der Waals surface area contributed by atoms with Crippen LogP contribution in [0.15, 0.2) is 23.3 Å². The summed E-state index contributed by atoms with van der Waals surface area (Å²) < 4.78 is 5.11. The highest BCUT2D eigenvalue weighted by atomic mass is 35.5. The molecule has 1 aromatic rings. The van der Waals surface area contributed by atoms with Gasteiger partial charge in [-0.05, 0) is 32.0 Å². The van der Waals surface area contributed by atoms with E-state index in [4.69, 9.17) is 27.9 Å². The third-order valence-electron chi connectivity index (χ3n) is 3.01. The third kappa shape index (κ3) is 2.55. The minimum Gasteiger partial charge on any atom is -0.464 e. The van der Waals surface area contributed by atoms with Crippen molar-refractivity contribution in [3.05, 3.63) is 28.2 Å². The van der Waals surface area contributed by atoms with E-state index in [0.717, 1.165) is 0 Å². The second kappa shape index (κ2) is 5.39. The average Bonchev–Trinajstić information content (AvgIpc) is 2.73. The van der Waals surface area contributed by atoms with Crippen LogP contribution in [0.25, 0.3) is 0 Å². The van der Waals surface area contributed by atoms with Crippen LogP contribution in [0.2, 0.25) is 10.0 Å². The van der Waals surface area contributed by atoms with Crippen molar-refractivity contribution in [3.63, 3.8) is 0 Å². The molecule has 1 aliphatic rings. The summed E-state index contributed by atoms with van der Waals surface area (Å²) >= 11 is 12.0. The van der Waals surface area contributed by atoms with Gasteiger partial charge in [0.15, 0.2) is 5.54 Å². The van der Waals surface area contributed by atoms with Gasteiger partial charge >= 0.3 is 5.97 Å². The molecule has 19 heavy (non-hydrogen) atoms. The SMILES string of the molecule is CCOC(=O)C1(C)CC=NN1c1ccc(Cl)cc1Cl. The molecule has 0 spiro atoms. The highest BCUT2D eigenvalue weighted by Gasteiger charge is 2.44. The van der Waals surface area contributed by atoms with Crippen molar-refractivity contribution in [2.45, 2.75) is 25.8 Å². The van der Waals surface area contributed by atoms with Gasteiger partial charge in [0.1, 0.15) is 0 Å². The Balaban J connectivity index is 2.37. The zero-order chi connectivity index (χ0) is 14.0. The van der Waals surface area contributed by atoms with Gasteiger partial charge in [-0.3, -0.25) is 0 Å². The molecule has 102 valence electrons. The lowest BCUT2D eigenvalue weighted by molar-refractivity contribution is -0.148. The van der Waals surface area contributed by atoms with Gasteiger partial charge in [-0.15, -0.1) is 0 Å². The zero-order valence-electron chi connectivity index (χ0n) is 10.7. The fourth-order valence-corrected chi connectivity index (χ4v) is 2.44. The Labute approximate surface area is 121 Å². The summed E-state index contributed by atoms with van der Waals surface area (Å²) in [6.45, 7) is 3.89. The number of hydrogen-bond donors (Lipinski definition) is 0. The number of hydrazone groups is 1. The van der Waals surface area contributed by atoms with Crippen molar-refractivity contribution >= 4 is 41.1 Å². The van der Waals surface area contributed by atoms with E-state index in [1.54, 1.807) is 43.3 Å². The predicted molar refractivity (Wildman–Crippen MR) is 77.1 cm³/mol. The first-order valence-corrected chi connectivity index (χ1v) is 6.69. The lowest BCUT2D eigenvalue weighted by atomic mass is 9.98. The largest absolute Gasteiger partial charge is 0.464 e. The lowest BCUT2D eigenvalue weighted by Crippen LogP contribution is -2.48. The zero-order valence-corrected chi connectivity index (χ0v) is 12.2. The minimum absolute atomic E-state index is 0.321. The maximum atomic E-state index is 12.1. The van der Waals surface area contributed by atoms with Crippen molar-refractivity contribution in [1.29, 1.82) is 0 Å². The van der Waals surface area contributed by atoms with E-state index in [-0.39, 0.29) is 5.97 Å². The summed E-state index contributed by atoms with van der Waals surface area (Å²) in [7, 11) is 0. The molecule has 0 aliphatic carbocycles. The fourth-order valence-electron chi connectivity index (χ4n) is 1.95. The predicted octanol–water partition coefficient (Wildman–Crippen LogP) is 3.51. The summed E-state index contributed by atoms with van der Waals surface area (Å²) in [6, 6.07) is 5.07. The molecule has 0 bridgehead atoms. The Morgan fingerprint density at radius 2 is 2.26 bits per heavy atom. The highest BCUT2D eigenvalue weighted by Crippen LogP contribution is 2.37. The molecule has 0 radical (unpaired) electrons. The summed E-state index contributed by atoms with van der Waals surface area (Å²) in [5, 5.41) is 6.80. The molecule has 0 aromatic heterocycles. The van der Waals surface area contributed by atoms with Crippen molar-refractivity contribution < 1.29 is 9.53 Å². The lowest BCUT2D eigenvalue weighted by Gasteiger charge is -2.32. The number of hydrogen-bond acceptors (Lipinski definition) is 4. The first-order valence-electron chi connectivity index (χ1n) is 5.94. The smallest absolute Gasteiger partial charge is 0.334 e. The molecule has 0 N–H and O–H groups in total. The molecule has 1 atom stereocenters. The summed E-state index contributed by atoms with van der Waals surface area (Å²) in [5.41, 5.74) is -0.233. The van der Waals surface area contributed by atoms with Crippen LogP contribution in [0.1, 0.15) is 20.3 Å². The van der Waals surface area contributed by atoms with E-state index in [1.165, 1.54) is 0 Å². The van der Waals surface area contributed by atoms with E-state index < -0.39 is 5.54 Å². The van der Waals surface area contributed by atoms with Crippen LogP contribution < -0.4 is 5.01 Å². The second-order valence-corrected chi connectivity index (χ2v) is 5.25. The number of carbonyl (C=O) groups is 1. The number of esters is 1. The Morgan fingerprint density at radius 3 is 2.89 bits per heavy atom. The minimum atomic E-state index is -0.868. The van der Waals surface area contributed by atoms with Gasteiger partial charge in [-0.1, -0.05) is 23.2 Å². The van der Waals surface area contributed by atoms with Crippen molar-refractivity contribution in [3.8, 4) is 0 Å². The Morgan fingerprint density at radius 1 is 1.53 bits per heavy atom. The molecule has 6 heteroatoms. The van der Waals surface area contributed by atoms with Crippen LogP contribution in [0.4, 0.5) is 5.69 Å². The van der Waals surface area contributed by atoms with Gasteiger partial charge in [-0.2, -0.15) is 5.10 Å². The van der Waals surface area contributed by atoms with E-state index >= 15 is 0 Å².